The van der Waals surface area contributed by atoms with Gasteiger partial charge in [-0.05, 0) is 38.1 Å². The maximum Gasteiger partial charge on any atom is 0.246 e. The number of hydrogen-bond donors (Lipinski definition) is 1. The van der Waals surface area contributed by atoms with E-state index in [2.05, 4.69) is 12.2 Å². The summed E-state index contributed by atoms with van der Waals surface area (Å²) in [7, 11) is 0. The van der Waals surface area contributed by atoms with E-state index in [0.717, 1.165) is 24.8 Å². The summed E-state index contributed by atoms with van der Waals surface area (Å²) in [4.78, 5) is 24.9. The van der Waals surface area contributed by atoms with Gasteiger partial charge in [-0.3, -0.25) is 14.5 Å². The molecule has 0 aromatic heterocycles. The maximum absolute atomic E-state index is 11.9. The number of rotatable bonds is 5. The van der Waals surface area contributed by atoms with E-state index in [1.54, 1.807) is 0 Å². The first-order valence-corrected chi connectivity index (χ1v) is 7.69. The van der Waals surface area contributed by atoms with Crippen LogP contribution in [0, 0.1) is 11.8 Å². The third kappa shape index (κ3) is 3.56. The Kier molecular flexibility index (Phi) is 4.97. The Morgan fingerprint density at radius 3 is 2.74 bits per heavy atom. The van der Waals surface area contributed by atoms with Gasteiger partial charge in [0, 0.05) is 6.54 Å². The van der Waals surface area contributed by atoms with E-state index >= 15 is 0 Å². The molecule has 2 rings (SSSR count). The van der Waals surface area contributed by atoms with E-state index in [4.69, 9.17) is 0 Å². The highest BCUT2D eigenvalue weighted by atomic mass is 16.2. The van der Waals surface area contributed by atoms with Crippen molar-refractivity contribution in [1.82, 2.24) is 10.2 Å². The predicted octanol–water partition coefficient (Wildman–Crippen LogP) is 1.94. The second kappa shape index (κ2) is 6.51. The van der Waals surface area contributed by atoms with Gasteiger partial charge in [0.25, 0.3) is 0 Å². The van der Waals surface area contributed by atoms with Crippen LogP contribution in [-0.2, 0) is 9.59 Å². The number of likely N-dealkylation sites (N-methyl/N-ethyl adjacent to an activating group) is 1. The fourth-order valence-electron chi connectivity index (χ4n) is 3.46. The number of imide groups is 1. The summed E-state index contributed by atoms with van der Waals surface area (Å²) in [5.74, 6) is 1.58. The average Bonchev–Trinajstić information content (AvgIpc) is 2.64. The van der Waals surface area contributed by atoms with Gasteiger partial charge in [0.1, 0.15) is 0 Å². The molecule has 1 heterocycles. The standard InChI is InChI=1S/C15H26N2O2/c1-3-17-14(18)10-13(15(17)19)16-8-7-12-6-4-5-11(2)9-12/h11-13,16H,3-10H2,1-2H3. The van der Waals surface area contributed by atoms with Gasteiger partial charge in [0.15, 0.2) is 0 Å². The molecule has 0 spiro atoms. The van der Waals surface area contributed by atoms with Gasteiger partial charge in [-0.2, -0.15) is 0 Å². The summed E-state index contributed by atoms with van der Waals surface area (Å²) in [6.07, 6.45) is 6.83. The number of carbonyl (C=O) groups excluding carboxylic acids is 2. The summed E-state index contributed by atoms with van der Waals surface area (Å²) in [6, 6.07) is -0.270. The number of nitrogens with one attached hydrogen (secondary N) is 1. The molecule has 1 saturated carbocycles. The van der Waals surface area contributed by atoms with E-state index in [0.29, 0.717) is 13.0 Å². The molecule has 1 N–H and O–H groups in total. The highest BCUT2D eigenvalue weighted by Gasteiger charge is 2.37. The Morgan fingerprint density at radius 1 is 1.32 bits per heavy atom. The van der Waals surface area contributed by atoms with Gasteiger partial charge in [-0.1, -0.05) is 26.2 Å². The fourth-order valence-corrected chi connectivity index (χ4v) is 3.46. The molecule has 4 nitrogen and oxygen atoms in total. The van der Waals surface area contributed by atoms with Crippen LogP contribution in [0.2, 0.25) is 0 Å². The average molecular weight is 266 g/mol. The zero-order chi connectivity index (χ0) is 13.8. The molecule has 3 atom stereocenters. The molecule has 108 valence electrons. The molecule has 1 saturated heterocycles. The van der Waals surface area contributed by atoms with E-state index in [9.17, 15) is 9.59 Å². The summed E-state index contributed by atoms with van der Waals surface area (Å²) >= 11 is 0. The molecular formula is C15H26N2O2. The van der Waals surface area contributed by atoms with Crippen molar-refractivity contribution in [3.05, 3.63) is 0 Å². The first-order valence-electron chi connectivity index (χ1n) is 7.69. The second-order valence-electron chi connectivity index (χ2n) is 6.11. The summed E-state index contributed by atoms with van der Waals surface area (Å²) < 4.78 is 0. The number of carbonyl (C=O) groups is 2. The minimum absolute atomic E-state index is 0.0312. The lowest BCUT2D eigenvalue weighted by molar-refractivity contribution is -0.138. The van der Waals surface area contributed by atoms with Crippen molar-refractivity contribution in [3.63, 3.8) is 0 Å². The number of amides is 2. The van der Waals surface area contributed by atoms with Gasteiger partial charge in [-0.25, -0.2) is 0 Å². The Bertz CT molecular complexity index is 343. The first-order chi connectivity index (χ1) is 9.11. The van der Waals surface area contributed by atoms with Gasteiger partial charge < -0.3 is 5.32 Å². The van der Waals surface area contributed by atoms with Crippen LogP contribution in [0.1, 0.15) is 52.4 Å². The molecule has 2 aliphatic rings. The summed E-state index contributed by atoms with van der Waals surface area (Å²) in [5.41, 5.74) is 0. The smallest absolute Gasteiger partial charge is 0.246 e. The highest BCUT2D eigenvalue weighted by Crippen LogP contribution is 2.30. The van der Waals surface area contributed by atoms with Crippen molar-refractivity contribution >= 4 is 11.8 Å². The molecule has 0 bridgehead atoms. The van der Waals surface area contributed by atoms with Crippen molar-refractivity contribution in [3.8, 4) is 0 Å². The quantitative estimate of drug-likeness (QED) is 0.774. The fraction of sp³-hybridized carbons (Fsp3) is 0.867. The number of likely N-dealkylation sites (tertiary alicyclic amines) is 1. The molecule has 2 fully saturated rings. The number of nitrogens with zero attached hydrogens (tertiary/aromatic N) is 1. The third-order valence-electron chi connectivity index (χ3n) is 4.55. The van der Waals surface area contributed by atoms with E-state index in [1.165, 1.54) is 30.6 Å². The summed E-state index contributed by atoms with van der Waals surface area (Å²) in [6.45, 7) is 5.54. The molecule has 2 amide bonds. The molecule has 0 radical (unpaired) electrons. The topological polar surface area (TPSA) is 49.4 Å². The largest absolute Gasteiger partial charge is 0.305 e. The third-order valence-corrected chi connectivity index (χ3v) is 4.55. The van der Waals surface area contributed by atoms with Crippen LogP contribution >= 0.6 is 0 Å². The zero-order valence-corrected chi connectivity index (χ0v) is 12.2. The van der Waals surface area contributed by atoms with Crippen LogP contribution in [0.3, 0.4) is 0 Å². The lowest BCUT2D eigenvalue weighted by Gasteiger charge is -2.27. The molecular weight excluding hydrogens is 240 g/mol. The Hall–Kier alpha value is -0.900. The van der Waals surface area contributed by atoms with E-state index in [1.807, 2.05) is 6.92 Å². The summed E-state index contributed by atoms with van der Waals surface area (Å²) in [5, 5.41) is 3.28. The maximum atomic E-state index is 11.9. The van der Waals surface area contributed by atoms with Gasteiger partial charge in [0.05, 0.1) is 12.5 Å². The van der Waals surface area contributed by atoms with Crippen molar-refractivity contribution in [2.24, 2.45) is 11.8 Å². The van der Waals surface area contributed by atoms with Crippen LogP contribution in [0.5, 0.6) is 0 Å². The van der Waals surface area contributed by atoms with Crippen LogP contribution in [-0.4, -0.2) is 35.8 Å². The Labute approximate surface area is 115 Å². The lowest BCUT2D eigenvalue weighted by Crippen LogP contribution is -2.39. The zero-order valence-electron chi connectivity index (χ0n) is 12.2. The minimum Gasteiger partial charge on any atom is -0.305 e. The Morgan fingerprint density at radius 2 is 2.11 bits per heavy atom. The van der Waals surface area contributed by atoms with E-state index in [-0.39, 0.29) is 17.9 Å². The monoisotopic (exact) mass is 266 g/mol. The molecule has 3 unspecified atom stereocenters. The number of hydrogen-bond acceptors (Lipinski definition) is 3. The second-order valence-corrected chi connectivity index (χ2v) is 6.11. The van der Waals surface area contributed by atoms with Crippen LogP contribution < -0.4 is 5.32 Å². The molecule has 0 aromatic carbocycles. The SMILES string of the molecule is CCN1C(=O)CC(NCCC2CCCC(C)C2)C1=O. The Balaban J connectivity index is 1.71. The van der Waals surface area contributed by atoms with E-state index < -0.39 is 0 Å². The highest BCUT2D eigenvalue weighted by molar-refractivity contribution is 6.05. The van der Waals surface area contributed by atoms with Crippen LogP contribution in [0.4, 0.5) is 0 Å². The van der Waals surface area contributed by atoms with Crippen molar-refractivity contribution in [1.29, 1.82) is 0 Å². The van der Waals surface area contributed by atoms with Crippen molar-refractivity contribution in [2.45, 2.75) is 58.4 Å². The van der Waals surface area contributed by atoms with Gasteiger partial charge in [-0.15, -0.1) is 0 Å². The molecule has 19 heavy (non-hydrogen) atoms. The normalized spacial score (nSPS) is 32.1. The molecule has 4 heteroatoms. The van der Waals surface area contributed by atoms with Crippen molar-refractivity contribution in [2.75, 3.05) is 13.1 Å². The van der Waals surface area contributed by atoms with Crippen LogP contribution in [0.15, 0.2) is 0 Å². The lowest BCUT2D eigenvalue weighted by atomic mass is 9.81. The van der Waals surface area contributed by atoms with Gasteiger partial charge in [0.2, 0.25) is 11.8 Å². The molecule has 1 aliphatic carbocycles. The molecule has 1 aliphatic heterocycles. The predicted molar refractivity (Wildman–Crippen MR) is 74.5 cm³/mol. The van der Waals surface area contributed by atoms with Crippen LogP contribution in [0.25, 0.3) is 0 Å². The first kappa shape index (κ1) is 14.5. The van der Waals surface area contributed by atoms with Crippen molar-refractivity contribution < 1.29 is 9.59 Å². The minimum atomic E-state index is -0.270. The van der Waals surface area contributed by atoms with Gasteiger partial charge >= 0.3 is 0 Å². The molecule has 0 aromatic rings.